The van der Waals surface area contributed by atoms with Crippen LogP contribution in [0.15, 0.2) is 0 Å². The van der Waals surface area contributed by atoms with Gasteiger partial charge in [0.2, 0.25) is 0 Å². The van der Waals surface area contributed by atoms with E-state index in [2.05, 4.69) is 0 Å². The van der Waals surface area contributed by atoms with Gasteiger partial charge in [-0.1, -0.05) is 0 Å². The molecule has 0 aromatic rings. The van der Waals surface area contributed by atoms with Gasteiger partial charge >= 0.3 is 0 Å². The SMILES string of the molecule is C[C@@](O)(CO)[C@H]1CO1. The summed E-state index contributed by atoms with van der Waals surface area (Å²) < 4.78 is 4.75. The van der Waals surface area contributed by atoms with E-state index in [-0.39, 0.29) is 12.7 Å². The molecular formula is C5H10O3. The number of hydrogen-bond donors (Lipinski definition) is 2. The fraction of sp³-hybridized carbons (Fsp3) is 1.00. The lowest BCUT2D eigenvalue weighted by Gasteiger charge is -2.15. The van der Waals surface area contributed by atoms with Crippen LogP contribution in [0, 0.1) is 0 Å². The van der Waals surface area contributed by atoms with Crippen LogP contribution in [0.25, 0.3) is 0 Å². The highest BCUT2D eigenvalue weighted by Gasteiger charge is 2.41. The summed E-state index contributed by atoms with van der Waals surface area (Å²) in [5, 5.41) is 17.6. The van der Waals surface area contributed by atoms with Crippen LogP contribution in [0.1, 0.15) is 6.92 Å². The second-order valence-corrected chi connectivity index (χ2v) is 2.34. The van der Waals surface area contributed by atoms with E-state index in [0.717, 1.165) is 0 Å². The second-order valence-electron chi connectivity index (χ2n) is 2.34. The Morgan fingerprint density at radius 3 is 2.50 bits per heavy atom. The molecule has 0 aliphatic carbocycles. The molecule has 1 aliphatic heterocycles. The quantitative estimate of drug-likeness (QED) is 0.463. The monoisotopic (exact) mass is 118 g/mol. The van der Waals surface area contributed by atoms with Crippen molar-refractivity contribution >= 4 is 0 Å². The van der Waals surface area contributed by atoms with Crippen molar-refractivity contribution in [3.8, 4) is 0 Å². The number of rotatable bonds is 2. The summed E-state index contributed by atoms with van der Waals surface area (Å²) in [5.74, 6) is 0. The summed E-state index contributed by atoms with van der Waals surface area (Å²) in [7, 11) is 0. The number of aliphatic hydroxyl groups excluding tert-OH is 1. The summed E-state index contributed by atoms with van der Waals surface area (Å²) in [4.78, 5) is 0. The Balaban J connectivity index is 2.37. The third-order valence-corrected chi connectivity index (χ3v) is 1.35. The summed E-state index contributed by atoms with van der Waals surface area (Å²) >= 11 is 0. The van der Waals surface area contributed by atoms with Gasteiger partial charge in [0.15, 0.2) is 0 Å². The summed E-state index contributed by atoms with van der Waals surface area (Å²) in [6.45, 7) is 1.91. The van der Waals surface area contributed by atoms with Crippen LogP contribution in [0.3, 0.4) is 0 Å². The molecule has 2 atom stereocenters. The number of hydrogen-bond acceptors (Lipinski definition) is 3. The zero-order chi connectivity index (χ0) is 6.20. The van der Waals surface area contributed by atoms with Crippen molar-refractivity contribution in [1.29, 1.82) is 0 Å². The van der Waals surface area contributed by atoms with Crippen LogP contribution in [-0.2, 0) is 4.74 Å². The van der Waals surface area contributed by atoms with E-state index in [9.17, 15) is 0 Å². The Labute approximate surface area is 47.9 Å². The molecule has 1 aliphatic rings. The van der Waals surface area contributed by atoms with Crippen molar-refractivity contribution < 1.29 is 14.9 Å². The summed E-state index contributed by atoms with van der Waals surface area (Å²) in [5.41, 5.74) is -1.01. The van der Waals surface area contributed by atoms with Gasteiger partial charge in [0.05, 0.1) is 13.2 Å². The number of ether oxygens (including phenoxy) is 1. The molecule has 0 amide bonds. The van der Waals surface area contributed by atoms with Gasteiger partial charge in [-0.25, -0.2) is 0 Å². The van der Waals surface area contributed by atoms with E-state index < -0.39 is 5.60 Å². The molecule has 1 saturated heterocycles. The zero-order valence-electron chi connectivity index (χ0n) is 4.79. The topological polar surface area (TPSA) is 53.0 Å². The van der Waals surface area contributed by atoms with E-state index in [0.29, 0.717) is 6.61 Å². The van der Waals surface area contributed by atoms with Crippen LogP contribution < -0.4 is 0 Å². The van der Waals surface area contributed by atoms with Gasteiger partial charge in [0.1, 0.15) is 11.7 Å². The molecule has 1 heterocycles. The molecule has 0 aromatic heterocycles. The molecule has 0 unspecified atom stereocenters. The predicted molar refractivity (Wildman–Crippen MR) is 27.4 cm³/mol. The van der Waals surface area contributed by atoms with E-state index in [1.54, 1.807) is 6.92 Å². The highest BCUT2D eigenvalue weighted by molar-refractivity contribution is 4.89. The maximum Gasteiger partial charge on any atom is 0.113 e. The molecule has 48 valence electrons. The first kappa shape index (κ1) is 6.01. The first-order valence-corrected chi connectivity index (χ1v) is 2.61. The highest BCUT2D eigenvalue weighted by Crippen LogP contribution is 2.22. The molecule has 3 nitrogen and oxygen atoms in total. The second kappa shape index (κ2) is 1.69. The van der Waals surface area contributed by atoms with Gasteiger partial charge in [0.25, 0.3) is 0 Å². The Kier molecular flexibility index (Phi) is 1.27. The van der Waals surface area contributed by atoms with Crippen molar-refractivity contribution in [3.63, 3.8) is 0 Å². The minimum atomic E-state index is -1.01. The molecule has 0 spiro atoms. The predicted octanol–water partition coefficient (Wildman–Crippen LogP) is -0.872. The lowest BCUT2D eigenvalue weighted by molar-refractivity contribution is -0.0200. The van der Waals surface area contributed by atoms with E-state index in [1.807, 2.05) is 0 Å². The van der Waals surface area contributed by atoms with Crippen LogP contribution in [0.5, 0.6) is 0 Å². The van der Waals surface area contributed by atoms with Crippen LogP contribution in [0.2, 0.25) is 0 Å². The van der Waals surface area contributed by atoms with Crippen molar-refractivity contribution in [2.75, 3.05) is 13.2 Å². The summed E-state index contributed by atoms with van der Waals surface area (Å²) in [6.07, 6.45) is -0.132. The number of aliphatic hydroxyl groups is 2. The molecule has 1 fully saturated rings. The Bertz CT molecular complexity index is 85.7. The van der Waals surface area contributed by atoms with Gasteiger partial charge in [-0.15, -0.1) is 0 Å². The highest BCUT2D eigenvalue weighted by atomic mass is 16.6. The average molecular weight is 118 g/mol. The van der Waals surface area contributed by atoms with Gasteiger partial charge < -0.3 is 14.9 Å². The molecule has 2 N–H and O–H groups in total. The van der Waals surface area contributed by atoms with Crippen molar-refractivity contribution in [2.45, 2.75) is 18.6 Å². The molecule has 0 radical (unpaired) electrons. The minimum absolute atomic E-state index is 0.132. The smallest absolute Gasteiger partial charge is 0.113 e. The molecule has 0 saturated carbocycles. The summed E-state index contributed by atoms with van der Waals surface area (Å²) in [6, 6.07) is 0. The lowest BCUT2D eigenvalue weighted by Crippen LogP contribution is -2.35. The van der Waals surface area contributed by atoms with Crippen molar-refractivity contribution in [1.82, 2.24) is 0 Å². The van der Waals surface area contributed by atoms with Crippen LogP contribution in [-0.4, -0.2) is 35.1 Å². The zero-order valence-corrected chi connectivity index (χ0v) is 4.79. The Morgan fingerprint density at radius 2 is 2.38 bits per heavy atom. The third kappa shape index (κ3) is 0.992. The van der Waals surface area contributed by atoms with Gasteiger partial charge in [0, 0.05) is 0 Å². The Hall–Kier alpha value is -0.120. The molecular weight excluding hydrogens is 108 g/mol. The Morgan fingerprint density at radius 1 is 1.88 bits per heavy atom. The van der Waals surface area contributed by atoms with Gasteiger partial charge in [-0.05, 0) is 6.92 Å². The van der Waals surface area contributed by atoms with Crippen LogP contribution >= 0.6 is 0 Å². The maximum atomic E-state index is 9.09. The van der Waals surface area contributed by atoms with Gasteiger partial charge in [-0.2, -0.15) is 0 Å². The van der Waals surface area contributed by atoms with E-state index >= 15 is 0 Å². The third-order valence-electron chi connectivity index (χ3n) is 1.35. The van der Waals surface area contributed by atoms with E-state index in [1.165, 1.54) is 0 Å². The van der Waals surface area contributed by atoms with Crippen molar-refractivity contribution in [2.24, 2.45) is 0 Å². The standard InChI is InChI=1S/C5H10O3/c1-5(7,3-6)4-2-8-4/h4,6-7H,2-3H2,1H3/t4-,5-/m1/s1. The molecule has 1 rings (SSSR count). The van der Waals surface area contributed by atoms with Crippen LogP contribution in [0.4, 0.5) is 0 Å². The largest absolute Gasteiger partial charge is 0.393 e. The lowest BCUT2D eigenvalue weighted by atomic mass is 10.1. The first-order valence-electron chi connectivity index (χ1n) is 2.61. The average Bonchev–Trinajstić information content (AvgIpc) is 2.44. The normalized spacial score (nSPS) is 34.1. The molecule has 3 heteroatoms. The number of epoxide rings is 1. The minimum Gasteiger partial charge on any atom is -0.393 e. The maximum absolute atomic E-state index is 9.09. The van der Waals surface area contributed by atoms with E-state index in [4.69, 9.17) is 14.9 Å². The fourth-order valence-corrected chi connectivity index (χ4v) is 0.509. The molecule has 8 heavy (non-hydrogen) atoms. The van der Waals surface area contributed by atoms with Crippen molar-refractivity contribution in [3.05, 3.63) is 0 Å². The first-order chi connectivity index (χ1) is 3.67. The fourth-order valence-electron chi connectivity index (χ4n) is 0.509. The molecule has 0 bridgehead atoms. The van der Waals surface area contributed by atoms with Gasteiger partial charge in [-0.3, -0.25) is 0 Å². The molecule has 0 aromatic carbocycles.